The summed E-state index contributed by atoms with van der Waals surface area (Å²) < 4.78 is 6.00. The number of hydrogen-bond acceptors (Lipinski definition) is 6. The van der Waals surface area contributed by atoms with Crippen LogP contribution < -0.4 is 5.32 Å². The Labute approximate surface area is 197 Å². The Balaban J connectivity index is 1.53. The predicted molar refractivity (Wildman–Crippen MR) is 128 cm³/mol. The summed E-state index contributed by atoms with van der Waals surface area (Å²) in [6.07, 6.45) is 5.66. The quantitative estimate of drug-likeness (QED) is 0.504. The number of hydrogen-bond donors (Lipinski definition) is 1. The highest BCUT2D eigenvalue weighted by atomic mass is 35.5. The number of furan rings is 1. The number of rotatable bonds is 6. The van der Waals surface area contributed by atoms with Crippen LogP contribution in [-0.2, 0) is 17.8 Å². The molecule has 1 aliphatic heterocycles. The van der Waals surface area contributed by atoms with Crippen molar-refractivity contribution in [2.75, 3.05) is 25.5 Å². The highest BCUT2D eigenvalue weighted by Gasteiger charge is 2.27. The van der Waals surface area contributed by atoms with Crippen LogP contribution in [0.2, 0.25) is 10.0 Å². The maximum Gasteiger partial charge on any atom is 0.246 e. The molecule has 0 saturated carbocycles. The molecule has 7 nitrogen and oxygen atoms in total. The van der Waals surface area contributed by atoms with Crippen molar-refractivity contribution in [2.45, 2.75) is 32.9 Å². The molecule has 0 atom stereocenters. The summed E-state index contributed by atoms with van der Waals surface area (Å²) in [6, 6.07) is 5.73. The molecule has 0 radical (unpaired) electrons. The number of nitrogens with one attached hydrogen (secondary N) is 1. The van der Waals surface area contributed by atoms with Gasteiger partial charge in [0.05, 0.1) is 22.0 Å². The van der Waals surface area contributed by atoms with Crippen LogP contribution in [0.4, 0.5) is 11.5 Å². The fraction of sp³-hybridized carbons (Fsp3) is 0.348. The fourth-order valence-corrected chi connectivity index (χ4v) is 3.86. The third-order valence-corrected chi connectivity index (χ3v) is 6.41. The summed E-state index contributed by atoms with van der Waals surface area (Å²) in [5.41, 5.74) is 2.28. The number of benzene rings is 1. The summed E-state index contributed by atoms with van der Waals surface area (Å²) in [5.74, 6) is 1.35. The summed E-state index contributed by atoms with van der Waals surface area (Å²) in [7, 11) is 2.03. The van der Waals surface area contributed by atoms with Crippen LogP contribution in [0.5, 0.6) is 0 Å². The van der Waals surface area contributed by atoms with E-state index in [9.17, 15) is 4.79 Å². The second-order valence-electron chi connectivity index (χ2n) is 8.11. The van der Waals surface area contributed by atoms with E-state index in [4.69, 9.17) is 27.6 Å². The Morgan fingerprint density at radius 2 is 2.12 bits per heavy atom. The molecule has 32 heavy (non-hydrogen) atoms. The Kier molecular flexibility index (Phi) is 6.69. The van der Waals surface area contributed by atoms with Gasteiger partial charge in [0, 0.05) is 36.5 Å². The van der Waals surface area contributed by atoms with Crippen molar-refractivity contribution in [3.8, 4) is 0 Å². The van der Waals surface area contributed by atoms with Gasteiger partial charge in [-0.3, -0.25) is 4.79 Å². The summed E-state index contributed by atoms with van der Waals surface area (Å²) in [5, 5.41) is 5.05. The van der Waals surface area contributed by atoms with Gasteiger partial charge in [0.15, 0.2) is 0 Å². The molecule has 1 aliphatic rings. The summed E-state index contributed by atoms with van der Waals surface area (Å²) in [4.78, 5) is 25.3. The first-order valence-electron chi connectivity index (χ1n) is 10.5. The molecular formula is C23H25Cl2N5O2. The number of aromatic nitrogens is 2. The molecule has 0 unspecified atom stereocenters. The van der Waals surface area contributed by atoms with Crippen LogP contribution in [0.25, 0.3) is 11.1 Å². The number of amides is 1. The third kappa shape index (κ3) is 4.75. The number of halogens is 2. The number of carbonyl (C=O) groups is 1. The highest BCUT2D eigenvalue weighted by Crippen LogP contribution is 2.35. The zero-order chi connectivity index (χ0) is 22.8. The van der Waals surface area contributed by atoms with Gasteiger partial charge in [0.1, 0.15) is 17.9 Å². The molecular weight excluding hydrogens is 449 g/mol. The van der Waals surface area contributed by atoms with E-state index >= 15 is 0 Å². The smallest absolute Gasteiger partial charge is 0.246 e. The van der Waals surface area contributed by atoms with E-state index in [1.165, 1.54) is 6.33 Å². The maximum absolute atomic E-state index is 12.7. The average Bonchev–Trinajstić information content (AvgIpc) is 3.14. The standard InChI is InChI=1S/C23H25Cl2N5O2/c1-14(2)29(3)9-4-5-20(31)30-10-8-16-19(12-30)32-23-21(16)22(26-13-27-23)28-15-6-7-17(24)18(25)11-15/h4-7,11,13-14H,8-10,12H2,1-3H3,(H,26,27,28)/b5-4+. The van der Waals surface area contributed by atoms with Crippen LogP contribution in [0, 0.1) is 0 Å². The van der Waals surface area contributed by atoms with Crippen molar-refractivity contribution in [1.82, 2.24) is 19.8 Å². The third-order valence-electron chi connectivity index (χ3n) is 5.67. The molecule has 0 fully saturated rings. The van der Waals surface area contributed by atoms with Gasteiger partial charge in [-0.25, -0.2) is 9.97 Å². The van der Waals surface area contributed by atoms with Crippen molar-refractivity contribution in [3.63, 3.8) is 0 Å². The molecule has 4 rings (SSSR count). The van der Waals surface area contributed by atoms with E-state index in [-0.39, 0.29) is 5.91 Å². The Morgan fingerprint density at radius 1 is 1.31 bits per heavy atom. The average molecular weight is 474 g/mol. The molecule has 0 spiro atoms. The van der Waals surface area contributed by atoms with Crippen LogP contribution >= 0.6 is 23.2 Å². The lowest BCUT2D eigenvalue weighted by atomic mass is 10.0. The predicted octanol–water partition coefficient (Wildman–Crippen LogP) is 5.05. The van der Waals surface area contributed by atoms with Gasteiger partial charge >= 0.3 is 0 Å². The Morgan fingerprint density at radius 3 is 2.88 bits per heavy atom. The van der Waals surface area contributed by atoms with Gasteiger partial charge in [-0.1, -0.05) is 29.3 Å². The van der Waals surface area contributed by atoms with Gasteiger partial charge in [-0.05, 0) is 45.5 Å². The lowest BCUT2D eigenvalue weighted by molar-refractivity contribution is -0.127. The summed E-state index contributed by atoms with van der Waals surface area (Å²) in [6.45, 7) is 5.98. The molecule has 0 saturated heterocycles. The normalized spacial score (nSPS) is 14.0. The first-order chi connectivity index (χ1) is 15.3. The number of nitrogens with zero attached hydrogens (tertiary/aromatic N) is 4. The van der Waals surface area contributed by atoms with E-state index < -0.39 is 0 Å². The molecule has 1 amide bonds. The van der Waals surface area contributed by atoms with E-state index in [0.717, 1.165) is 28.9 Å². The first-order valence-corrected chi connectivity index (χ1v) is 11.2. The molecule has 3 aromatic rings. The van der Waals surface area contributed by atoms with E-state index in [1.54, 1.807) is 23.1 Å². The van der Waals surface area contributed by atoms with Crippen LogP contribution in [0.1, 0.15) is 25.2 Å². The first kappa shape index (κ1) is 22.6. The van der Waals surface area contributed by atoms with Crippen molar-refractivity contribution in [1.29, 1.82) is 0 Å². The van der Waals surface area contributed by atoms with Crippen molar-refractivity contribution in [3.05, 3.63) is 58.0 Å². The van der Waals surface area contributed by atoms with Crippen molar-refractivity contribution >= 4 is 51.7 Å². The Bertz CT molecular complexity index is 1170. The number of fused-ring (bicyclic) bond motifs is 3. The van der Waals surface area contributed by atoms with Gasteiger partial charge < -0.3 is 19.5 Å². The molecule has 3 heterocycles. The monoisotopic (exact) mass is 473 g/mol. The van der Waals surface area contributed by atoms with Crippen LogP contribution in [0.3, 0.4) is 0 Å². The zero-order valence-corrected chi connectivity index (χ0v) is 19.7. The van der Waals surface area contributed by atoms with Crippen LogP contribution in [-0.4, -0.2) is 51.9 Å². The minimum atomic E-state index is -0.0199. The van der Waals surface area contributed by atoms with E-state index in [1.807, 2.05) is 19.2 Å². The van der Waals surface area contributed by atoms with Crippen LogP contribution in [0.15, 0.2) is 41.1 Å². The lowest BCUT2D eigenvalue weighted by Crippen LogP contribution is -2.34. The molecule has 0 aliphatic carbocycles. The van der Waals surface area contributed by atoms with Gasteiger partial charge in [-0.15, -0.1) is 0 Å². The van der Waals surface area contributed by atoms with Gasteiger partial charge in [-0.2, -0.15) is 0 Å². The Hall–Kier alpha value is -2.61. The molecule has 1 aromatic carbocycles. The second-order valence-corrected chi connectivity index (χ2v) is 8.92. The van der Waals surface area contributed by atoms with Crippen molar-refractivity contribution in [2.24, 2.45) is 0 Å². The largest absolute Gasteiger partial charge is 0.440 e. The highest BCUT2D eigenvalue weighted by molar-refractivity contribution is 6.42. The molecule has 1 N–H and O–H groups in total. The SMILES string of the molecule is CC(C)N(C)C/C=C/C(=O)N1CCc2c(oc3ncnc(Nc4ccc(Cl)c(Cl)c4)c23)C1. The minimum absolute atomic E-state index is 0.0199. The molecule has 9 heteroatoms. The topological polar surface area (TPSA) is 74.5 Å². The fourth-order valence-electron chi connectivity index (χ4n) is 3.56. The maximum atomic E-state index is 12.7. The van der Waals surface area contributed by atoms with E-state index in [2.05, 4.69) is 34.0 Å². The minimum Gasteiger partial charge on any atom is -0.440 e. The molecule has 2 aromatic heterocycles. The molecule has 0 bridgehead atoms. The lowest BCUT2D eigenvalue weighted by Gasteiger charge is -2.25. The van der Waals surface area contributed by atoms with Crippen molar-refractivity contribution < 1.29 is 9.21 Å². The van der Waals surface area contributed by atoms with E-state index in [0.29, 0.717) is 47.1 Å². The number of anilines is 2. The number of likely N-dealkylation sites (N-methyl/N-ethyl adjacent to an activating group) is 1. The number of carbonyl (C=O) groups excluding carboxylic acids is 1. The second kappa shape index (κ2) is 9.48. The summed E-state index contributed by atoms with van der Waals surface area (Å²) >= 11 is 12.2. The van der Waals surface area contributed by atoms with Gasteiger partial charge in [0.25, 0.3) is 0 Å². The zero-order valence-electron chi connectivity index (χ0n) is 18.2. The molecule has 168 valence electrons. The van der Waals surface area contributed by atoms with Gasteiger partial charge in [0.2, 0.25) is 11.6 Å².